The molecule has 3 aromatic carbocycles. The summed E-state index contributed by atoms with van der Waals surface area (Å²) < 4.78 is 11.2. The highest BCUT2D eigenvalue weighted by atomic mass is 32.2. The number of hydrogen-bond donors (Lipinski definition) is 1. The van der Waals surface area contributed by atoms with Gasteiger partial charge in [-0.3, -0.25) is 0 Å². The van der Waals surface area contributed by atoms with Crippen molar-refractivity contribution in [2.75, 3.05) is 19.0 Å². The summed E-state index contributed by atoms with van der Waals surface area (Å²) in [4.78, 5) is 11.8. The zero-order valence-electron chi connectivity index (χ0n) is 17.7. The maximum absolute atomic E-state index is 10.7. The van der Waals surface area contributed by atoms with Crippen LogP contribution in [0.25, 0.3) is 5.57 Å². The summed E-state index contributed by atoms with van der Waals surface area (Å²) in [5, 5.41) is 8.78. The number of para-hydroxylation sites is 1. The van der Waals surface area contributed by atoms with E-state index in [1.54, 1.807) is 11.8 Å². The van der Waals surface area contributed by atoms with Crippen molar-refractivity contribution in [3.05, 3.63) is 95.6 Å². The Morgan fingerprint density at radius 3 is 2.42 bits per heavy atom. The van der Waals surface area contributed by atoms with E-state index in [1.165, 1.54) is 0 Å². The molecule has 0 aliphatic rings. The first-order valence-corrected chi connectivity index (χ1v) is 11.1. The Morgan fingerprint density at radius 1 is 0.968 bits per heavy atom. The number of carboxylic acid groups (broad SMARTS) is 1. The van der Waals surface area contributed by atoms with E-state index in [9.17, 15) is 4.79 Å². The van der Waals surface area contributed by atoms with Crippen LogP contribution >= 0.6 is 11.8 Å². The fourth-order valence-electron chi connectivity index (χ4n) is 3.21. The smallest absolute Gasteiger partial charge is 0.341 e. The lowest BCUT2D eigenvalue weighted by Gasteiger charge is -2.14. The number of carbonyl (C=O) groups is 1. The predicted molar refractivity (Wildman–Crippen MR) is 126 cm³/mol. The first-order valence-electron chi connectivity index (χ1n) is 10.1. The van der Waals surface area contributed by atoms with Gasteiger partial charge >= 0.3 is 5.97 Å². The molecule has 0 heterocycles. The number of ether oxygens (including phenoxy) is 2. The molecule has 31 heavy (non-hydrogen) atoms. The highest BCUT2D eigenvalue weighted by Gasteiger charge is 2.11. The summed E-state index contributed by atoms with van der Waals surface area (Å²) >= 11 is 1.72. The Hall–Kier alpha value is -3.18. The van der Waals surface area contributed by atoms with E-state index in [0.717, 1.165) is 38.7 Å². The molecule has 0 spiro atoms. The van der Waals surface area contributed by atoms with Gasteiger partial charge in [0.1, 0.15) is 11.5 Å². The van der Waals surface area contributed by atoms with Crippen LogP contribution in [0.15, 0.2) is 83.8 Å². The van der Waals surface area contributed by atoms with Gasteiger partial charge in [0.2, 0.25) is 0 Å². The highest BCUT2D eigenvalue weighted by molar-refractivity contribution is 7.99. The Labute approximate surface area is 187 Å². The molecule has 0 saturated carbocycles. The standard InChI is InChI=1S/C26H26O4S/c1-3-29-25-12-8-7-11-23(25)22(20-9-5-4-6-10-20)15-16-31-21-13-14-24(19(2)17-21)30-18-26(27)28/h4-15,17H,3,16,18H2,1-2H3,(H,27,28)/b22-15-. The van der Waals surface area contributed by atoms with Gasteiger partial charge in [0.05, 0.1) is 6.61 Å². The number of aryl methyl sites for hydroxylation is 1. The molecule has 0 aliphatic carbocycles. The number of benzene rings is 3. The fraction of sp³-hybridized carbons (Fsp3) is 0.192. The topological polar surface area (TPSA) is 55.8 Å². The van der Waals surface area contributed by atoms with Gasteiger partial charge in [-0.05, 0) is 54.8 Å². The Kier molecular flexibility index (Phi) is 8.19. The largest absolute Gasteiger partial charge is 0.493 e. The lowest BCUT2D eigenvalue weighted by Crippen LogP contribution is -2.09. The maximum Gasteiger partial charge on any atom is 0.341 e. The Bertz CT molecular complexity index is 1040. The molecule has 0 atom stereocenters. The van der Waals surface area contributed by atoms with Crippen molar-refractivity contribution in [1.29, 1.82) is 0 Å². The first kappa shape index (κ1) is 22.5. The van der Waals surface area contributed by atoms with Crippen molar-refractivity contribution in [1.82, 2.24) is 0 Å². The average molecular weight is 435 g/mol. The lowest BCUT2D eigenvalue weighted by molar-refractivity contribution is -0.139. The third-order valence-electron chi connectivity index (χ3n) is 4.60. The van der Waals surface area contributed by atoms with E-state index in [4.69, 9.17) is 14.6 Å². The zero-order chi connectivity index (χ0) is 22.1. The van der Waals surface area contributed by atoms with Crippen molar-refractivity contribution in [3.63, 3.8) is 0 Å². The Balaban J connectivity index is 1.81. The molecule has 160 valence electrons. The minimum absolute atomic E-state index is 0.338. The molecule has 0 saturated heterocycles. The third-order valence-corrected chi connectivity index (χ3v) is 5.52. The van der Waals surface area contributed by atoms with Gasteiger partial charge in [0.25, 0.3) is 0 Å². The van der Waals surface area contributed by atoms with Gasteiger partial charge in [-0.15, -0.1) is 11.8 Å². The molecule has 0 amide bonds. The summed E-state index contributed by atoms with van der Waals surface area (Å²) in [5.41, 5.74) is 4.27. The molecular weight excluding hydrogens is 408 g/mol. The summed E-state index contributed by atoms with van der Waals surface area (Å²) in [6.07, 6.45) is 2.22. The minimum atomic E-state index is -0.983. The van der Waals surface area contributed by atoms with Gasteiger partial charge in [-0.25, -0.2) is 4.79 Å². The summed E-state index contributed by atoms with van der Waals surface area (Å²) in [6.45, 7) is 4.19. The molecule has 3 rings (SSSR count). The van der Waals surface area contributed by atoms with Crippen LogP contribution in [0.5, 0.6) is 11.5 Å². The van der Waals surface area contributed by atoms with Crippen LogP contribution in [0, 0.1) is 6.92 Å². The SMILES string of the molecule is CCOc1ccccc1/C(=C\CSc1ccc(OCC(=O)O)c(C)c1)c1ccccc1. The predicted octanol–water partition coefficient (Wildman–Crippen LogP) is 6.08. The minimum Gasteiger partial charge on any atom is -0.493 e. The first-order chi connectivity index (χ1) is 15.1. The Morgan fingerprint density at radius 2 is 1.71 bits per heavy atom. The van der Waals surface area contributed by atoms with Crippen molar-refractivity contribution < 1.29 is 19.4 Å². The molecule has 0 bridgehead atoms. The quantitative estimate of drug-likeness (QED) is 0.392. The van der Waals surface area contributed by atoms with Crippen LogP contribution in [-0.4, -0.2) is 30.0 Å². The number of rotatable bonds is 10. The van der Waals surface area contributed by atoms with Gasteiger partial charge < -0.3 is 14.6 Å². The number of hydrogen-bond acceptors (Lipinski definition) is 4. The van der Waals surface area contributed by atoms with Crippen molar-refractivity contribution in [3.8, 4) is 11.5 Å². The molecular formula is C26H26O4S. The van der Waals surface area contributed by atoms with Crippen LogP contribution in [0.3, 0.4) is 0 Å². The van der Waals surface area contributed by atoms with Crippen LogP contribution in [0.4, 0.5) is 0 Å². The second kappa shape index (κ2) is 11.3. The highest BCUT2D eigenvalue weighted by Crippen LogP contribution is 2.33. The van der Waals surface area contributed by atoms with E-state index in [-0.39, 0.29) is 6.61 Å². The van der Waals surface area contributed by atoms with E-state index in [1.807, 2.05) is 68.4 Å². The van der Waals surface area contributed by atoms with Crippen LogP contribution in [0.2, 0.25) is 0 Å². The lowest BCUT2D eigenvalue weighted by atomic mass is 9.97. The van der Waals surface area contributed by atoms with Crippen molar-refractivity contribution in [2.24, 2.45) is 0 Å². The summed E-state index contributed by atoms with van der Waals surface area (Å²) in [5.74, 6) is 1.27. The molecule has 0 aliphatic heterocycles. The van der Waals surface area contributed by atoms with Crippen LogP contribution < -0.4 is 9.47 Å². The fourth-order valence-corrected chi connectivity index (χ4v) is 4.07. The van der Waals surface area contributed by atoms with E-state index >= 15 is 0 Å². The molecule has 5 heteroatoms. The maximum atomic E-state index is 10.7. The molecule has 4 nitrogen and oxygen atoms in total. The van der Waals surface area contributed by atoms with Crippen molar-refractivity contribution in [2.45, 2.75) is 18.7 Å². The monoisotopic (exact) mass is 434 g/mol. The van der Waals surface area contributed by atoms with Crippen LogP contribution in [-0.2, 0) is 4.79 Å². The van der Waals surface area contributed by atoms with Gasteiger partial charge in [-0.1, -0.05) is 54.6 Å². The second-order valence-electron chi connectivity index (χ2n) is 6.83. The van der Waals surface area contributed by atoms with Crippen molar-refractivity contribution >= 4 is 23.3 Å². The molecule has 0 unspecified atom stereocenters. The van der Waals surface area contributed by atoms with E-state index in [2.05, 4.69) is 24.3 Å². The third kappa shape index (κ3) is 6.40. The van der Waals surface area contributed by atoms with Gasteiger partial charge in [0.15, 0.2) is 6.61 Å². The van der Waals surface area contributed by atoms with Gasteiger partial charge in [-0.2, -0.15) is 0 Å². The molecule has 0 radical (unpaired) electrons. The zero-order valence-corrected chi connectivity index (χ0v) is 18.5. The summed E-state index contributed by atoms with van der Waals surface area (Å²) in [7, 11) is 0. The molecule has 0 aromatic heterocycles. The normalized spacial score (nSPS) is 11.2. The van der Waals surface area contributed by atoms with Gasteiger partial charge in [0, 0.05) is 16.2 Å². The second-order valence-corrected chi connectivity index (χ2v) is 7.93. The van der Waals surface area contributed by atoms with E-state index in [0.29, 0.717) is 12.4 Å². The molecule has 1 N–H and O–H groups in total. The van der Waals surface area contributed by atoms with Crippen LogP contribution in [0.1, 0.15) is 23.6 Å². The number of carboxylic acids is 1. The molecule has 0 fully saturated rings. The number of thioether (sulfide) groups is 1. The average Bonchev–Trinajstić information content (AvgIpc) is 2.77. The summed E-state index contributed by atoms with van der Waals surface area (Å²) in [6, 6.07) is 24.2. The van der Waals surface area contributed by atoms with E-state index < -0.39 is 5.97 Å². The number of aliphatic carboxylic acids is 1. The molecule has 3 aromatic rings.